The number of nitrogens with one attached hydrogen (secondary N) is 1. The Morgan fingerprint density at radius 1 is 1.16 bits per heavy atom. The van der Waals surface area contributed by atoms with Gasteiger partial charge >= 0.3 is 0 Å². The largest absolute Gasteiger partial charge is 0.369 e. The van der Waals surface area contributed by atoms with Gasteiger partial charge in [-0.3, -0.25) is 9.97 Å². The highest BCUT2D eigenvalue weighted by Crippen LogP contribution is 2.13. The van der Waals surface area contributed by atoms with Crippen LogP contribution in [0.5, 0.6) is 0 Å². The molecule has 1 N–H and O–H groups in total. The lowest BCUT2D eigenvalue weighted by Crippen LogP contribution is -2.18. The molecule has 19 heavy (non-hydrogen) atoms. The SMILES string of the molecule is CCCNc1cncc(N(C)Cc2ccncc2)n1. The van der Waals surface area contributed by atoms with Crippen LogP contribution in [-0.4, -0.2) is 28.5 Å². The first-order valence-electron chi connectivity index (χ1n) is 6.45. The first-order chi connectivity index (χ1) is 9.29. The molecule has 0 aliphatic carbocycles. The van der Waals surface area contributed by atoms with Gasteiger partial charge in [0.25, 0.3) is 0 Å². The van der Waals surface area contributed by atoms with Gasteiger partial charge in [0.05, 0.1) is 12.4 Å². The minimum Gasteiger partial charge on any atom is -0.369 e. The third kappa shape index (κ3) is 3.91. The molecular formula is C14H19N5. The van der Waals surface area contributed by atoms with Gasteiger partial charge in [-0.2, -0.15) is 0 Å². The predicted octanol–water partition coefficient (Wildman–Crippen LogP) is 2.33. The van der Waals surface area contributed by atoms with E-state index in [-0.39, 0.29) is 0 Å². The third-order valence-corrected chi connectivity index (χ3v) is 2.74. The highest BCUT2D eigenvalue weighted by atomic mass is 15.2. The van der Waals surface area contributed by atoms with E-state index in [4.69, 9.17) is 0 Å². The summed E-state index contributed by atoms with van der Waals surface area (Å²) in [5.74, 6) is 1.68. The Hall–Kier alpha value is -2.17. The molecule has 5 heteroatoms. The zero-order valence-corrected chi connectivity index (χ0v) is 11.4. The second kappa shape index (κ2) is 6.68. The predicted molar refractivity (Wildman–Crippen MR) is 77.2 cm³/mol. The summed E-state index contributed by atoms with van der Waals surface area (Å²) in [5.41, 5.74) is 1.20. The molecule has 5 nitrogen and oxygen atoms in total. The van der Waals surface area contributed by atoms with Crippen LogP contribution in [0, 0.1) is 0 Å². The van der Waals surface area contributed by atoms with E-state index in [2.05, 4.69) is 32.1 Å². The van der Waals surface area contributed by atoms with Crippen molar-refractivity contribution >= 4 is 11.6 Å². The van der Waals surface area contributed by atoms with Gasteiger partial charge in [-0.25, -0.2) is 4.98 Å². The first kappa shape index (κ1) is 13.3. The summed E-state index contributed by atoms with van der Waals surface area (Å²) < 4.78 is 0. The van der Waals surface area contributed by atoms with Gasteiger partial charge in [0.2, 0.25) is 0 Å². The summed E-state index contributed by atoms with van der Waals surface area (Å²) in [6.07, 6.45) is 8.19. The Morgan fingerprint density at radius 2 is 1.95 bits per heavy atom. The molecule has 2 heterocycles. The van der Waals surface area contributed by atoms with Crippen LogP contribution in [0.3, 0.4) is 0 Å². The van der Waals surface area contributed by atoms with E-state index in [1.807, 2.05) is 19.2 Å². The molecule has 0 unspecified atom stereocenters. The van der Waals surface area contributed by atoms with Gasteiger partial charge in [-0.15, -0.1) is 0 Å². The Bertz CT molecular complexity index is 500. The quantitative estimate of drug-likeness (QED) is 0.860. The molecule has 0 aliphatic heterocycles. The van der Waals surface area contributed by atoms with E-state index in [0.29, 0.717) is 0 Å². The number of rotatable bonds is 6. The zero-order chi connectivity index (χ0) is 13.5. The molecule has 0 fully saturated rings. The smallest absolute Gasteiger partial charge is 0.149 e. The normalized spacial score (nSPS) is 10.2. The minimum absolute atomic E-state index is 0.786. The minimum atomic E-state index is 0.786. The maximum absolute atomic E-state index is 4.54. The highest BCUT2D eigenvalue weighted by Gasteiger charge is 2.05. The van der Waals surface area contributed by atoms with Crippen LogP contribution in [0.15, 0.2) is 36.9 Å². The Balaban J connectivity index is 2.04. The van der Waals surface area contributed by atoms with Crippen molar-refractivity contribution in [1.29, 1.82) is 0 Å². The Kier molecular flexibility index (Phi) is 4.66. The number of hydrogen-bond acceptors (Lipinski definition) is 5. The third-order valence-electron chi connectivity index (χ3n) is 2.74. The van der Waals surface area contributed by atoms with E-state index in [9.17, 15) is 0 Å². The fourth-order valence-electron chi connectivity index (χ4n) is 1.72. The van der Waals surface area contributed by atoms with Crippen LogP contribution in [0.25, 0.3) is 0 Å². The molecule has 2 aromatic heterocycles. The second-order valence-corrected chi connectivity index (χ2v) is 4.40. The van der Waals surface area contributed by atoms with Crippen LogP contribution < -0.4 is 10.2 Å². The maximum Gasteiger partial charge on any atom is 0.149 e. The van der Waals surface area contributed by atoms with E-state index in [1.165, 1.54) is 5.56 Å². The maximum atomic E-state index is 4.54. The van der Waals surface area contributed by atoms with Crippen molar-refractivity contribution in [1.82, 2.24) is 15.0 Å². The molecular weight excluding hydrogens is 238 g/mol. The van der Waals surface area contributed by atoms with Crippen LogP contribution >= 0.6 is 0 Å². The van der Waals surface area contributed by atoms with Crippen molar-refractivity contribution in [3.63, 3.8) is 0 Å². The van der Waals surface area contributed by atoms with Gasteiger partial charge < -0.3 is 10.2 Å². The standard InChI is InChI=1S/C14H19N5/c1-3-6-17-13-9-16-10-14(18-13)19(2)11-12-4-7-15-8-5-12/h4-5,7-10H,3,6,11H2,1-2H3,(H,17,18). The molecule has 2 aromatic rings. The Morgan fingerprint density at radius 3 is 2.68 bits per heavy atom. The molecule has 0 radical (unpaired) electrons. The lowest BCUT2D eigenvalue weighted by atomic mass is 10.2. The second-order valence-electron chi connectivity index (χ2n) is 4.40. The fourth-order valence-corrected chi connectivity index (χ4v) is 1.72. The van der Waals surface area contributed by atoms with Crippen LogP contribution in [0.1, 0.15) is 18.9 Å². The summed E-state index contributed by atoms with van der Waals surface area (Å²) in [6.45, 7) is 3.82. The number of hydrogen-bond donors (Lipinski definition) is 1. The lowest BCUT2D eigenvalue weighted by molar-refractivity contribution is 0.883. The summed E-state index contributed by atoms with van der Waals surface area (Å²) in [5, 5.41) is 3.24. The van der Waals surface area contributed by atoms with Crippen molar-refractivity contribution < 1.29 is 0 Å². The van der Waals surface area contributed by atoms with Crippen molar-refractivity contribution in [3.8, 4) is 0 Å². The lowest BCUT2D eigenvalue weighted by Gasteiger charge is -2.18. The van der Waals surface area contributed by atoms with E-state index in [1.54, 1.807) is 24.8 Å². The molecule has 0 saturated heterocycles. The molecule has 0 spiro atoms. The van der Waals surface area contributed by atoms with Crippen molar-refractivity contribution in [2.24, 2.45) is 0 Å². The van der Waals surface area contributed by atoms with Crippen molar-refractivity contribution in [3.05, 3.63) is 42.5 Å². The number of aromatic nitrogens is 3. The molecule has 0 saturated carbocycles. The summed E-state index contributed by atoms with van der Waals surface area (Å²) in [7, 11) is 2.01. The van der Waals surface area contributed by atoms with Crippen molar-refractivity contribution in [2.45, 2.75) is 19.9 Å². The number of pyridine rings is 1. The van der Waals surface area contributed by atoms with E-state index >= 15 is 0 Å². The molecule has 0 amide bonds. The molecule has 0 atom stereocenters. The van der Waals surface area contributed by atoms with Gasteiger partial charge in [0, 0.05) is 32.5 Å². The molecule has 0 bridgehead atoms. The Labute approximate surface area is 113 Å². The van der Waals surface area contributed by atoms with Gasteiger partial charge in [0.1, 0.15) is 11.6 Å². The zero-order valence-electron chi connectivity index (χ0n) is 11.4. The van der Waals surface area contributed by atoms with E-state index < -0.39 is 0 Å². The fraction of sp³-hybridized carbons (Fsp3) is 0.357. The number of nitrogens with zero attached hydrogens (tertiary/aromatic N) is 4. The molecule has 0 aromatic carbocycles. The number of anilines is 2. The molecule has 0 aliphatic rings. The molecule has 2 rings (SSSR count). The van der Waals surface area contributed by atoms with Crippen molar-refractivity contribution in [2.75, 3.05) is 23.8 Å². The van der Waals surface area contributed by atoms with Crippen LogP contribution in [0.2, 0.25) is 0 Å². The topological polar surface area (TPSA) is 53.9 Å². The van der Waals surface area contributed by atoms with Crippen LogP contribution in [-0.2, 0) is 6.54 Å². The van der Waals surface area contributed by atoms with Gasteiger partial charge in [-0.1, -0.05) is 6.92 Å². The average molecular weight is 257 g/mol. The van der Waals surface area contributed by atoms with E-state index in [0.717, 1.165) is 31.1 Å². The summed E-state index contributed by atoms with van der Waals surface area (Å²) >= 11 is 0. The molecule has 100 valence electrons. The monoisotopic (exact) mass is 257 g/mol. The average Bonchev–Trinajstić information content (AvgIpc) is 2.46. The van der Waals surface area contributed by atoms with Gasteiger partial charge in [0.15, 0.2) is 0 Å². The highest BCUT2D eigenvalue weighted by molar-refractivity contribution is 5.43. The summed E-state index contributed by atoms with van der Waals surface area (Å²) in [6, 6.07) is 4.01. The van der Waals surface area contributed by atoms with Crippen LogP contribution in [0.4, 0.5) is 11.6 Å². The first-order valence-corrected chi connectivity index (χ1v) is 6.45. The summed E-state index contributed by atoms with van der Waals surface area (Å²) in [4.78, 5) is 14.8. The van der Waals surface area contributed by atoms with Gasteiger partial charge in [-0.05, 0) is 24.1 Å².